The van der Waals surface area contributed by atoms with Gasteiger partial charge in [0.25, 0.3) is 10.0 Å². The Balaban J connectivity index is 2.02. The Morgan fingerprint density at radius 3 is 2.36 bits per heavy atom. The Kier molecular flexibility index (Phi) is 6.46. The fraction of sp³-hybridized carbons (Fsp3) is 0.294. The molecule has 0 radical (unpaired) electrons. The Morgan fingerprint density at radius 1 is 1.12 bits per heavy atom. The standard InChI is InChI=1S/C17H19NO5S2/c1-12(2)16(18-25(21,22)15-9-6-10-24-15)17(20)23-11-14(19)13-7-4-3-5-8-13/h3-10,12,16,18H,11H2,1-2H3/t16-/m0/s1. The summed E-state index contributed by atoms with van der Waals surface area (Å²) in [7, 11) is -3.81. The lowest BCUT2D eigenvalue weighted by atomic mass is 10.1. The average molecular weight is 381 g/mol. The van der Waals surface area contributed by atoms with Crippen molar-refractivity contribution in [2.45, 2.75) is 24.1 Å². The van der Waals surface area contributed by atoms with Gasteiger partial charge in [0.2, 0.25) is 0 Å². The molecule has 1 heterocycles. The van der Waals surface area contributed by atoms with Crippen LogP contribution in [0.15, 0.2) is 52.1 Å². The van der Waals surface area contributed by atoms with Crippen LogP contribution in [0, 0.1) is 5.92 Å². The first kappa shape index (κ1) is 19.3. The van der Waals surface area contributed by atoms with Gasteiger partial charge in [-0.05, 0) is 17.4 Å². The SMILES string of the molecule is CC(C)[C@H](NS(=O)(=O)c1cccs1)C(=O)OCC(=O)c1ccccc1. The number of ketones is 1. The van der Waals surface area contributed by atoms with Crippen molar-refractivity contribution in [1.82, 2.24) is 4.72 Å². The molecule has 6 nitrogen and oxygen atoms in total. The van der Waals surface area contributed by atoms with Crippen molar-refractivity contribution >= 4 is 33.1 Å². The molecule has 2 aromatic rings. The van der Waals surface area contributed by atoms with E-state index in [-0.39, 0.29) is 15.9 Å². The first-order valence-corrected chi connectivity index (χ1v) is 9.98. The Bertz CT molecular complexity index is 814. The molecule has 0 unspecified atom stereocenters. The molecule has 8 heteroatoms. The van der Waals surface area contributed by atoms with E-state index in [1.54, 1.807) is 55.6 Å². The van der Waals surface area contributed by atoms with Gasteiger partial charge in [0, 0.05) is 5.56 Å². The Labute approximate surface area is 150 Å². The van der Waals surface area contributed by atoms with Gasteiger partial charge in [-0.15, -0.1) is 11.3 Å². The largest absolute Gasteiger partial charge is 0.456 e. The van der Waals surface area contributed by atoms with Crippen molar-refractivity contribution in [3.8, 4) is 0 Å². The third kappa shape index (κ3) is 5.22. The monoisotopic (exact) mass is 381 g/mol. The minimum atomic E-state index is -3.81. The second-order valence-corrected chi connectivity index (χ2v) is 8.56. The number of sulfonamides is 1. The normalized spacial score (nSPS) is 12.8. The van der Waals surface area contributed by atoms with Crippen LogP contribution in [0.1, 0.15) is 24.2 Å². The van der Waals surface area contributed by atoms with Gasteiger partial charge in [-0.1, -0.05) is 50.2 Å². The minimum absolute atomic E-state index is 0.117. The molecule has 0 aliphatic carbocycles. The molecular formula is C17H19NO5S2. The van der Waals surface area contributed by atoms with Crippen LogP contribution in [-0.2, 0) is 19.6 Å². The second-order valence-electron chi connectivity index (χ2n) is 5.67. The summed E-state index contributed by atoms with van der Waals surface area (Å²) in [6.45, 7) is 2.95. The molecule has 1 N–H and O–H groups in total. The van der Waals surface area contributed by atoms with Crippen LogP contribution in [0.5, 0.6) is 0 Å². The van der Waals surface area contributed by atoms with E-state index in [1.807, 2.05) is 0 Å². The lowest BCUT2D eigenvalue weighted by molar-refractivity contribution is -0.145. The molecule has 134 valence electrons. The number of rotatable bonds is 8. The molecule has 1 atom stereocenters. The van der Waals surface area contributed by atoms with Crippen LogP contribution in [0.25, 0.3) is 0 Å². The summed E-state index contributed by atoms with van der Waals surface area (Å²) in [5, 5.41) is 1.63. The number of hydrogen-bond acceptors (Lipinski definition) is 6. The highest BCUT2D eigenvalue weighted by Gasteiger charge is 2.30. The van der Waals surface area contributed by atoms with E-state index < -0.39 is 28.6 Å². The van der Waals surface area contributed by atoms with Gasteiger partial charge in [0.05, 0.1) is 0 Å². The van der Waals surface area contributed by atoms with Crippen LogP contribution in [0.4, 0.5) is 0 Å². The van der Waals surface area contributed by atoms with Crippen molar-refractivity contribution in [3.05, 3.63) is 53.4 Å². The fourth-order valence-corrected chi connectivity index (χ4v) is 4.37. The number of hydrogen-bond donors (Lipinski definition) is 1. The zero-order chi connectivity index (χ0) is 18.4. The van der Waals surface area contributed by atoms with E-state index in [9.17, 15) is 18.0 Å². The maximum absolute atomic E-state index is 12.3. The summed E-state index contributed by atoms with van der Waals surface area (Å²) in [6.07, 6.45) is 0. The van der Waals surface area contributed by atoms with Gasteiger partial charge in [-0.25, -0.2) is 8.42 Å². The molecule has 0 amide bonds. The topological polar surface area (TPSA) is 89.5 Å². The molecule has 2 rings (SSSR count). The summed E-state index contributed by atoms with van der Waals surface area (Å²) < 4.78 is 32.1. The van der Waals surface area contributed by atoms with E-state index in [1.165, 1.54) is 6.07 Å². The lowest BCUT2D eigenvalue weighted by Gasteiger charge is -2.20. The maximum Gasteiger partial charge on any atom is 0.324 e. The van der Waals surface area contributed by atoms with Crippen LogP contribution in [0.3, 0.4) is 0 Å². The third-order valence-corrected chi connectivity index (χ3v) is 6.24. The number of thiophene rings is 1. The second kappa shape index (κ2) is 8.37. The third-order valence-electron chi connectivity index (χ3n) is 3.40. The van der Waals surface area contributed by atoms with E-state index in [0.29, 0.717) is 5.56 Å². The summed E-state index contributed by atoms with van der Waals surface area (Å²) in [4.78, 5) is 24.3. The smallest absolute Gasteiger partial charge is 0.324 e. The highest BCUT2D eigenvalue weighted by molar-refractivity contribution is 7.91. The maximum atomic E-state index is 12.3. The van der Waals surface area contributed by atoms with Crippen molar-refractivity contribution in [2.24, 2.45) is 5.92 Å². The molecule has 0 spiro atoms. The number of carbonyl (C=O) groups is 2. The van der Waals surface area contributed by atoms with E-state index in [0.717, 1.165) is 11.3 Å². The summed E-state index contributed by atoms with van der Waals surface area (Å²) in [5.41, 5.74) is 0.426. The van der Waals surface area contributed by atoms with Crippen LogP contribution in [-0.4, -0.2) is 32.8 Å². The van der Waals surface area contributed by atoms with Crippen LogP contribution in [0.2, 0.25) is 0 Å². The highest BCUT2D eigenvalue weighted by Crippen LogP contribution is 2.17. The molecular weight excluding hydrogens is 362 g/mol. The van der Waals surface area contributed by atoms with Gasteiger partial charge in [-0.2, -0.15) is 4.72 Å². The number of carbonyl (C=O) groups excluding carboxylic acids is 2. The van der Waals surface area contributed by atoms with Crippen molar-refractivity contribution < 1.29 is 22.7 Å². The predicted molar refractivity (Wildman–Crippen MR) is 95.0 cm³/mol. The molecule has 0 saturated carbocycles. The Hall–Kier alpha value is -2.03. The quantitative estimate of drug-likeness (QED) is 0.560. The van der Waals surface area contributed by atoms with E-state index in [2.05, 4.69) is 4.72 Å². The van der Waals surface area contributed by atoms with Gasteiger partial charge >= 0.3 is 5.97 Å². The molecule has 1 aromatic carbocycles. The first-order chi connectivity index (χ1) is 11.8. The fourth-order valence-electron chi connectivity index (χ4n) is 2.03. The minimum Gasteiger partial charge on any atom is -0.456 e. The first-order valence-electron chi connectivity index (χ1n) is 7.62. The van der Waals surface area contributed by atoms with E-state index >= 15 is 0 Å². The molecule has 0 aliphatic rings. The average Bonchev–Trinajstić information content (AvgIpc) is 3.13. The molecule has 0 saturated heterocycles. The van der Waals surface area contributed by atoms with Crippen molar-refractivity contribution in [2.75, 3.05) is 6.61 Å². The summed E-state index contributed by atoms with van der Waals surface area (Å²) >= 11 is 1.05. The van der Waals surface area contributed by atoms with Gasteiger partial charge in [0.1, 0.15) is 10.3 Å². The summed E-state index contributed by atoms with van der Waals surface area (Å²) in [6, 6.07) is 10.4. The molecule has 1 aromatic heterocycles. The molecule has 0 fully saturated rings. The molecule has 0 aliphatic heterocycles. The van der Waals surface area contributed by atoms with E-state index in [4.69, 9.17) is 4.74 Å². The molecule has 25 heavy (non-hydrogen) atoms. The number of Topliss-reactive ketones (excluding diaryl/α,β-unsaturated/α-hetero) is 1. The van der Waals surface area contributed by atoms with Crippen LogP contribution >= 0.6 is 11.3 Å². The summed E-state index contributed by atoms with van der Waals surface area (Å²) in [5.74, 6) is -1.47. The van der Waals surface area contributed by atoms with Gasteiger partial charge < -0.3 is 4.74 Å². The number of benzene rings is 1. The zero-order valence-corrected chi connectivity index (χ0v) is 15.5. The van der Waals surface area contributed by atoms with Crippen LogP contribution < -0.4 is 4.72 Å². The number of ether oxygens (including phenoxy) is 1. The van der Waals surface area contributed by atoms with Crippen molar-refractivity contribution in [1.29, 1.82) is 0 Å². The molecule has 0 bridgehead atoms. The number of esters is 1. The number of nitrogens with one attached hydrogen (secondary N) is 1. The highest BCUT2D eigenvalue weighted by atomic mass is 32.2. The van der Waals surface area contributed by atoms with Gasteiger partial charge in [-0.3, -0.25) is 9.59 Å². The zero-order valence-electron chi connectivity index (χ0n) is 13.8. The van der Waals surface area contributed by atoms with Gasteiger partial charge in [0.15, 0.2) is 12.4 Å². The van der Waals surface area contributed by atoms with Crippen molar-refractivity contribution in [3.63, 3.8) is 0 Å². The lowest BCUT2D eigenvalue weighted by Crippen LogP contribution is -2.45. The predicted octanol–water partition coefficient (Wildman–Crippen LogP) is 2.48. The Morgan fingerprint density at radius 2 is 1.80 bits per heavy atom.